The molecule has 0 aromatic heterocycles. The second-order valence-corrected chi connectivity index (χ2v) is 4.29. The highest BCUT2D eigenvalue weighted by Crippen LogP contribution is 2.42. The Labute approximate surface area is 80.0 Å². The fraction of sp³-hybridized carbons (Fsp3) is 1.00. The molecular formula is C10H20N2O. The zero-order valence-electron chi connectivity index (χ0n) is 8.33. The molecule has 2 saturated carbocycles. The lowest BCUT2D eigenvalue weighted by molar-refractivity contribution is 0.0134. The van der Waals surface area contributed by atoms with E-state index in [0.29, 0.717) is 12.1 Å². The van der Waals surface area contributed by atoms with E-state index in [1.54, 1.807) is 0 Å². The van der Waals surface area contributed by atoms with E-state index in [4.69, 9.17) is 10.6 Å². The molecule has 0 spiro atoms. The highest BCUT2D eigenvalue weighted by atomic mass is 16.5. The van der Waals surface area contributed by atoms with Crippen LogP contribution >= 0.6 is 0 Å². The van der Waals surface area contributed by atoms with E-state index >= 15 is 0 Å². The smallest absolute Gasteiger partial charge is 0.0772 e. The fourth-order valence-electron chi connectivity index (χ4n) is 2.10. The zero-order chi connectivity index (χ0) is 9.26. The molecule has 0 aromatic carbocycles. The van der Waals surface area contributed by atoms with Crippen LogP contribution in [0.15, 0.2) is 0 Å². The first kappa shape index (κ1) is 9.44. The predicted octanol–water partition coefficient (Wildman–Crippen LogP) is 1.04. The molecule has 3 nitrogen and oxygen atoms in total. The summed E-state index contributed by atoms with van der Waals surface area (Å²) in [6, 6.07) is 0.410. The summed E-state index contributed by atoms with van der Waals surface area (Å²) in [4.78, 5) is 0. The first-order valence-electron chi connectivity index (χ1n) is 5.44. The molecule has 0 heterocycles. The third kappa shape index (κ3) is 2.22. The van der Waals surface area contributed by atoms with Gasteiger partial charge in [-0.15, -0.1) is 0 Å². The lowest BCUT2D eigenvalue weighted by atomic mass is 10.0. The van der Waals surface area contributed by atoms with Crippen molar-refractivity contribution in [1.29, 1.82) is 0 Å². The molecule has 2 atom stereocenters. The third-order valence-electron chi connectivity index (χ3n) is 3.12. The van der Waals surface area contributed by atoms with Gasteiger partial charge in [-0.2, -0.15) is 0 Å². The number of rotatable bonds is 6. The van der Waals surface area contributed by atoms with Gasteiger partial charge in [0.1, 0.15) is 0 Å². The summed E-state index contributed by atoms with van der Waals surface area (Å²) in [6.45, 7) is 2.88. The number of nitrogens with two attached hydrogens (primary N) is 1. The highest BCUT2D eigenvalue weighted by molar-refractivity contribution is 4.97. The maximum Gasteiger partial charge on any atom is 0.0772 e. The molecule has 3 heteroatoms. The number of hydrazine groups is 1. The summed E-state index contributed by atoms with van der Waals surface area (Å²) in [5.74, 6) is 7.14. The van der Waals surface area contributed by atoms with Crippen LogP contribution in [-0.2, 0) is 4.74 Å². The van der Waals surface area contributed by atoms with Crippen molar-refractivity contribution in [3.8, 4) is 0 Å². The van der Waals surface area contributed by atoms with Crippen LogP contribution in [0.1, 0.15) is 32.6 Å². The average Bonchev–Trinajstić information content (AvgIpc) is 2.98. The summed E-state index contributed by atoms with van der Waals surface area (Å²) in [5, 5.41) is 0. The summed E-state index contributed by atoms with van der Waals surface area (Å²) < 4.78 is 5.78. The van der Waals surface area contributed by atoms with Crippen molar-refractivity contribution in [3.63, 3.8) is 0 Å². The minimum atomic E-state index is 0.377. The molecular weight excluding hydrogens is 164 g/mol. The highest BCUT2D eigenvalue weighted by Gasteiger charge is 2.43. The lowest BCUT2D eigenvalue weighted by Gasteiger charge is -2.26. The van der Waals surface area contributed by atoms with Crippen LogP contribution in [0.25, 0.3) is 0 Å². The van der Waals surface area contributed by atoms with Gasteiger partial charge in [-0.05, 0) is 44.4 Å². The van der Waals surface area contributed by atoms with Crippen LogP contribution in [-0.4, -0.2) is 18.8 Å². The number of hydrogen-bond acceptors (Lipinski definition) is 3. The van der Waals surface area contributed by atoms with Crippen LogP contribution in [0, 0.1) is 11.8 Å². The lowest BCUT2D eigenvalue weighted by Crippen LogP contribution is -2.47. The fourth-order valence-corrected chi connectivity index (χ4v) is 2.10. The van der Waals surface area contributed by atoms with Crippen molar-refractivity contribution < 1.29 is 4.74 Å². The van der Waals surface area contributed by atoms with E-state index in [9.17, 15) is 0 Å². The number of hydrogen-bond donors (Lipinski definition) is 2. The van der Waals surface area contributed by atoms with E-state index < -0.39 is 0 Å². The second-order valence-electron chi connectivity index (χ2n) is 4.29. The van der Waals surface area contributed by atoms with Crippen LogP contribution in [0.5, 0.6) is 0 Å². The van der Waals surface area contributed by atoms with Gasteiger partial charge >= 0.3 is 0 Å². The van der Waals surface area contributed by atoms with E-state index in [1.165, 1.54) is 25.7 Å². The Morgan fingerprint density at radius 1 is 1.31 bits per heavy atom. The summed E-state index contributed by atoms with van der Waals surface area (Å²) in [7, 11) is 0. The maximum atomic E-state index is 5.78. The Balaban J connectivity index is 1.90. The summed E-state index contributed by atoms with van der Waals surface area (Å²) >= 11 is 0. The normalized spacial score (nSPS) is 27.2. The molecule has 0 amide bonds. The molecule has 0 aromatic rings. The second kappa shape index (κ2) is 3.95. The quantitative estimate of drug-likeness (QED) is 0.479. The molecule has 0 bridgehead atoms. The van der Waals surface area contributed by atoms with Crippen LogP contribution in [0.3, 0.4) is 0 Å². The molecule has 2 aliphatic carbocycles. The van der Waals surface area contributed by atoms with Crippen molar-refractivity contribution in [1.82, 2.24) is 5.43 Å². The average molecular weight is 184 g/mol. The molecule has 2 aliphatic rings. The Morgan fingerprint density at radius 2 is 1.92 bits per heavy atom. The van der Waals surface area contributed by atoms with Gasteiger partial charge in [-0.25, -0.2) is 0 Å². The largest absolute Gasteiger partial charge is 0.377 e. The van der Waals surface area contributed by atoms with E-state index in [1.807, 2.05) is 0 Å². The molecule has 2 unspecified atom stereocenters. The molecule has 13 heavy (non-hydrogen) atoms. The molecule has 0 radical (unpaired) electrons. The van der Waals surface area contributed by atoms with Gasteiger partial charge in [0, 0.05) is 6.61 Å². The van der Waals surface area contributed by atoms with Gasteiger partial charge in [0.2, 0.25) is 0 Å². The van der Waals surface area contributed by atoms with Crippen molar-refractivity contribution in [3.05, 3.63) is 0 Å². The Hall–Kier alpha value is -0.120. The number of nitrogens with one attached hydrogen (secondary N) is 1. The molecule has 3 N–H and O–H groups in total. The predicted molar refractivity (Wildman–Crippen MR) is 52.0 cm³/mol. The molecule has 2 rings (SSSR count). The Bertz CT molecular complexity index is 166. The van der Waals surface area contributed by atoms with E-state index in [0.717, 1.165) is 18.4 Å². The molecule has 2 fully saturated rings. The minimum absolute atomic E-state index is 0.377. The summed E-state index contributed by atoms with van der Waals surface area (Å²) in [5.41, 5.74) is 2.95. The van der Waals surface area contributed by atoms with Crippen molar-refractivity contribution in [2.75, 3.05) is 6.61 Å². The van der Waals surface area contributed by atoms with Crippen LogP contribution in [0.4, 0.5) is 0 Å². The van der Waals surface area contributed by atoms with Crippen molar-refractivity contribution in [2.24, 2.45) is 17.7 Å². The Kier molecular flexibility index (Phi) is 2.86. The first-order chi connectivity index (χ1) is 6.36. The van der Waals surface area contributed by atoms with Gasteiger partial charge in [-0.3, -0.25) is 11.3 Å². The van der Waals surface area contributed by atoms with Crippen LogP contribution in [0.2, 0.25) is 0 Å². The van der Waals surface area contributed by atoms with E-state index in [-0.39, 0.29) is 0 Å². The van der Waals surface area contributed by atoms with Gasteiger partial charge in [-0.1, -0.05) is 0 Å². The van der Waals surface area contributed by atoms with Gasteiger partial charge < -0.3 is 4.74 Å². The molecule has 0 aliphatic heterocycles. The van der Waals surface area contributed by atoms with Gasteiger partial charge in [0.05, 0.1) is 12.1 Å². The SMILES string of the molecule is CCOC(C1CC1)C(NN)C1CC1. The maximum absolute atomic E-state index is 5.78. The van der Waals surface area contributed by atoms with Crippen molar-refractivity contribution >= 4 is 0 Å². The Morgan fingerprint density at radius 3 is 2.31 bits per heavy atom. The monoisotopic (exact) mass is 184 g/mol. The minimum Gasteiger partial charge on any atom is -0.377 e. The summed E-state index contributed by atoms with van der Waals surface area (Å²) in [6.07, 6.45) is 5.68. The standard InChI is InChI=1S/C10H20N2O/c1-2-13-10(8-5-6-8)9(12-11)7-3-4-7/h7-10,12H,2-6,11H2,1H3. The van der Waals surface area contributed by atoms with Crippen molar-refractivity contribution in [2.45, 2.75) is 44.8 Å². The third-order valence-corrected chi connectivity index (χ3v) is 3.12. The number of ether oxygens (including phenoxy) is 1. The van der Waals surface area contributed by atoms with Gasteiger partial charge in [0.25, 0.3) is 0 Å². The molecule has 0 saturated heterocycles. The first-order valence-corrected chi connectivity index (χ1v) is 5.44. The van der Waals surface area contributed by atoms with E-state index in [2.05, 4.69) is 12.3 Å². The van der Waals surface area contributed by atoms with Crippen LogP contribution < -0.4 is 11.3 Å². The van der Waals surface area contributed by atoms with Gasteiger partial charge in [0.15, 0.2) is 0 Å². The molecule has 76 valence electrons. The topological polar surface area (TPSA) is 47.3 Å². The zero-order valence-corrected chi connectivity index (χ0v) is 8.33.